The first kappa shape index (κ1) is 11.3. The first-order chi connectivity index (χ1) is 6.69. The first-order valence-corrected chi connectivity index (χ1v) is 5.21. The van der Waals surface area contributed by atoms with Crippen LogP contribution in [-0.2, 0) is 6.54 Å². The van der Waals surface area contributed by atoms with Crippen LogP contribution in [0.3, 0.4) is 0 Å². The van der Waals surface area contributed by atoms with Crippen LogP contribution >= 0.6 is 11.6 Å². The Balaban J connectivity index is 2.90. The number of ether oxygens (including phenoxy) is 1. The molecular weight excluding hydrogens is 198 g/mol. The summed E-state index contributed by atoms with van der Waals surface area (Å²) in [6.45, 7) is 4.52. The summed E-state index contributed by atoms with van der Waals surface area (Å²) in [7, 11) is 0. The minimum atomic E-state index is 0.193. The molecule has 0 amide bonds. The van der Waals surface area contributed by atoms with Crippen molar-refractivity contribution >= 4 is 11.6 Å². The molecule has 3 heteroatoms. The number of nitrogens with two attached hydrogens (primary N) is 1. The molecule has 14 heavy (non-hydrogen) atoms. The second-order valence-corrected chi connectivity index (χ2v) is 3.66. The maximum atomic E-state index is 6.00. The summed E-state index contributed by atoms with van der Waals surface area (Å²) in [6, 6.07) is 5.60. The van der Waals surface area contributed by atoms with Crippen molar-refractivity contribution in [1.29, 1.82) is 0 Å². The monoisotopic (exact) mass is 213 g/mol. The molecule has 1 aromatic rings. The Morgan fingerprint density at radius 2 is 2.21 bits per heavy atom. The normalized spacial score (nSPS) is 12.6. The molecule has 0 heterocycles. The zero-order valence-electron chi connectivity index (χ0n) is 8.59. The van der Waals surface area contributed by atoms with Gasteiger partial charge in [0, 0.05) is 17.1 Å². The third kappa shape index (κ3) is 2.63. The van der Waals surface area contributed by atoms with Crippen LogP contribution in [0.25, 0.3) is 0 Å². The number of halogens is 1. The molecule has 0 spiro atoms. The summed E-state index contributed by atoms with van der Waals surface area (Å²) in [5.74, 6) is 0.800. The van der Waals surface area contributed by atoms with E-state index in [-0.39, 0.29) is 6.10 Å². The largest absolute Gasteiger partial charge is 0.490 e. The van der Waals surface area contributed by atoms with Crippen molar-refractivity contribution in [1.82, 2.24) is 0 Å². The average molecular weight is 214 g/mol. The summed E-state index contributed by atoms with van der Waals surface area (Å²) in [6.07, 6.45) is 1.16. The molecule has 78 valence electrons. The molecule has 0 aliphatic carbocycles. The molecule has 0 saturated carbocycles. The van der Waals surface area contributed by atoms with Crippen LogP contribution in [-0.4, -0.2) is 6.10 Å². The van der Waals surface area contributed by atoms with E-state index in [2.05, 4.69) is 6.92 Å². The van der Waals surface area contributed by atoms with Crippen LogP contribution in [0, 0.1) is 0 Å². The van der Waals surface area contributed by atoms with Crippen molar-refractivity contribution in [3.8, 4) is 5.75 Å². The summed E-state index contributed by atoms with van der Waals surface area (Å²) >= 11 is 6.00. The lowest BCUT2D eigenvalue weighted by Crippen LogP contribution is -2.12. The minimum Gasteiger partial charge on any atom is -0.490 e. The van der Waals surface area contributed by atoms with Gasteiger partial charge in [-0.2, -0.15) is 0 Å². The number of rotatable bonds is 4. The molecule has 1 unspecified atom stereocenters. The fourth-order valence-corrected chi connectivity index (χ4v) is 1.39. The van der Waals surface area contributed by atoms with Gasteiger partial charge in [-0.3, -0.25) is 0 Å². The van der Waals surface area contributed by atoms with Gasteiger partial charge in [-0.1, -0.05) is 24.6 Å². The van der Waals surface area contributed by atoms with Crippen LogP contribution in [0.2, 0.25) is 5.02 Å². The van der Waals surface area contributed by atoms with E-state index >= 15 is 0 Å². The summed E-state index contributed by atoms with van der Waals surface area (Å²) < 4.78 is 5.70. The van der Waals surface area contributed by atoms with E-state index in [1.165, 1.54) is 0 Å². The lowest BCUT2D eigenvalue weighted by molar-refractivity contribution is 0.215. The van der Waals surface area contributed by atoms with Crippen LogP contribution in [0.15, 0.2) is 18.2 Å². The molecule has 0 fully saturated rings. The van der Waals surface area contributed by atoms with E-state index in [1.807, 2.05) is 25.1 Å². The lowest BCUT2D eigenvalue weighted by Gasteiger charge is -2.16. The van der Waals surface area contributed by atoms with Gasteiger partial charge in [0.1, 0.15) is 5.75 Å². The summed E-state index contributed by atoms with van der Waals surface area (Å²) in [5.41, 5.74) is 6.49. The standard InChI is InChI=1S/C11H16ClNO/c1-3-8(2)14-11-6-4-5-10(12)9(11)7-13/h4-6,8H,3,7,13H2,1-2H3. The maximum absolute atomic E-state index is 6.00. The van der Waals surface area contributed by atoms with Crippen molar-refractivity contribution in [2.75, 3.05) is 0 Å². The van der Waals surface area contributed by atoms with Gasteiger partial charge in [-0.15, -0.1) is 0 Å². The Labute approximate surface area is 90.0 Å². The molecule has 2 nitrogen and oxygen atoms in total. The van der Waals surface area contributed by atoms with Crippen molar-refractivity contribution in [3.63, 3.8) is 0 Å². The third-order valence-corrected chi connectivity index (χ3v) is 2.54. The zero-order chi connectivity index (χ0) is 10.6. The predicted molar refractivity (Wildman–Crippen MR) is 59.7 cm³/mol. The third-order valence-electron chi connectivity index (χ3n) is 2.18. The fraction of sp³-hybridized carbons (Fsp3) is 0.455. The van der Waals surface area contributed by atoms with E-state index in [9.17, 15) is 0 Å². The highest BCUT2D eigenvalue weighted by Gasteiger charge is 2.08. The SMILES string of the molecule is CCC(C)Oc1cccc(Cl)c1CN. The number of hydrogen-bond donors (Lipinski definition) is 1. The molecule has 1 rings (SSSR count). The second-order valence-electron chi connectivity index (χ2n) is 3.26. The lowest BCUT2D eigenvalue weighted by atomic mass is 10.2. The van der Waals surface area contributed by atoms with Gasteiger partial charge >= 0.3 is 0 Å². The Morgan fingerprint density at radius 1 is 1.50 bits per heavy atom. The number of hydrogen-bond acceptors (Lipinski definition) is 2. The van der Waals surface area contributed by atoms with E-state index in [1.54, 1.807) is 0 Å². The molecular formula is C11H16ClNO. The van der Waals surface area contributed by atoms with Gasteiger partial charge in [0.15, 0.2) is 0 Å². The minimum absolute atomic E-state index is 0.193. The van der Waals surface area contributed by atoms with E-state index in [4.69, 9.17) is 22.1 Å². The quantitative estimate of drug-likeness (QED) is 0.835. The van der Waals surface area contributed by atoms with Gasteiger partial charge in [-0.05, 0) is 25.5 Å². The second kappa shape index (κ2) is 5.23. The van der Waals surface area contributed by atoms with E-state index in [0.29, 0.717) is 11.6 Å². The molecule has 0 aromatic heterocycles. The van der Waals surface area contributed by atoms with Gasteiger partial charge in [0.25, 0.3) is 0 Å². The molecule has 0 aliphatic rings. The highest BCUT2D eigenvalue weighted by atomic mass is 35.5. The predicted octanol–water partition coefficient (Wildman–Crippen LogP) is 2.98. The molecule has 2 N–H and O–H groups in total. The highest BCUT2D eigenvalue weighted by molar-refractivity contribution is 6.31. The van der Waals surface area contributed by atoms with Gasteiger partial charge in [0.05, 0.1) is 6.10 Å². The Morgan fingerprint density at radius 3 is 2.79 bits per heavy atom. The molecule has 0 aliphatic heterocycles. The van der Waals surface area contributed by atoms with Gasteiger partial charge < -0.3 is 10.5 Å². The zero-order valence-corrected chi connectivity index (χ0v) is 9.34. The summed E-state index contributed by atoms with van der Waals surface area (Å²) in [4.78, 5) is 0. The van der Waals surface area contributed by atoms with Crippen molar-refractivity contribution in [3.05, 3.63) is 28.8 Å². The molecule has 1 aromatic carbocycles. The summed E-state index contributed by atoms with van der Waals surface area (Å²) in [5, 5.41) is 0.674. The Kier molecular flexibility index (Phi) is 4.23. The fourth-order valence-electron chi connectivity index (χ4n) is 1.15. The molecule has 0 radical (unpaired) electrons. The Bertz CT molecular complexity index is 301. The highest BCUT2D eigenvalue weighted by Crippen LogP contribution is 2.26. The Hall–Kier alpha value is -0.730. The topological polar surface area (TPSA) is 35.2 Å². The van der Waals surface area contributed by atoms with Crippen LogP contribution < -0.4 is 10.5 Å². The maximum Gasteiger partial charge on any atom is 0.125 e. The van der Waals surface area contributed by atoms with Crippen LogP contribution in [0.1, 0.15) is 25.8 Å². The van der Waals surface area contributed by atoms with E-state index < -0.39 is 0 Å². The van der Waals surface area contributed by atoms with Gasteiger partial charge in [-0.25, -0.2) is 0 Å². The molecule has 1 atom stereocenters. The van der Waals surface area contributed by atoms with Gasteiger partial charge in [0.2, 0.25) is 0 Å². The smallest absolute Gasteiger partial charge is 0.125 e. The van der Waals surface area contributed by atoms with Crippen LogP contribution in [0.4, 0.5) is 0 Å². The van der Waals surface area contributed by atoms with Crippen molar-refractivity contribution in [2.45, 2.75) is 32.9 Å². The van der Waals surface area contributed by atoms with E-state index in [0.717, 1.165) is 17.7 Å². The molecule has 0 saturated heterocycles. The first-order valence-electron chi connectivity index (χ1n) is 4.83. The van der Waals surface area contributed by atoms with Crippen molar-refractivity contribution < 1.29 is 4.74 Å². The molecule has 0 bridgehead atoms. The van der Waals surface area contributed by atoms with Crippen LogP contribution in [0.5, 0.6) is 5.75 Å². The van der Waals surface area contributed by atoms with Crippen molar-refractivity contribution in [2.24, 2.45) is 5.73 Å². The number of benzene rings is 1. The average Bonchev–Trinajstić information content (AvgIpc) is 2.18.